The minimum Gasteiger partial charge on any atom is -0.207 e. The summed E-state index contributed by atoms with van der Waals surface area (Å²) in [5.41, 5.74) is 2.17. The summed E-state index contributed by atoms with van der Waals surface area (Å²) in [5, 5.41) is 0. The smallest absolute Gasteiger partial charge is 0.207 e. The molecule has 0 radical (unpaired) electrons. The first-order valence-electron chi connectivity index (χ1n) is 4.79. The Kier molecular flexibility index (Phi) is 2.52. The zero-order chi connectivity index (χ0) is 10.3. The molecule has 0 bridgehead atoms. The molecule has 76 valence electrons. The average molecular weight is 188 g/mol. The lowest BCUT2D eigenvalue weighted by Crippen LogP contribution is -2.25. The van der Waals surface area contributed by atoms with E-state index in [0.717, 1.165) is 5.57 Å². The minimum atomic E-state index is -2.46. The molecule has 0 aliphatic heterocycles. The summed E-state index contributed by atoms with van der Waals surface area (Å²) >= 11 is 0. The van der Waals surface area contributed by atoms with Crippen LogP contribution in [-0.4, -0.2) is 5.92 Å². The number of allylic oxidation sites excluding steroid dienone is 2. The van der Waals surface area contributed by atoms with Gasteiger partial charge in [0.1, 0.15) is 0 Å². The second kappa shape index (κ2) is 3.07. The lowest BCUT2D eigenvalue weighted by atomic mass is 9.76. The molecule has 0 saturated carbocycles. The van der Waals surface area contributed by atoms with Crippen LogP contribution in [0.25, 0.3) is 0 Å². The molecule has 0 fully saturated rings. The number of rotatable bonds is 0. The topological polar surface area (TPSA) is 0 Å². The van der Waals surface area contributed by atoms with Crippen molar-refractivity contribution in [3.63, 3.8) is 0 Å². The van der Waals surface area contributed by atoms with E-state index in [9.17, 15) is 8.78 Å². The number of hydrogen-bond acceptors (Lipinski definition) is 0. The summed E-state index contributed by atoms with van der Waals surface area (Å²) in [4.78, 5) is 0. The molecule has 0 aromatic rings. The number of hydrogen-bond donors (Lipinski definition) is 0. The summed E-state index contributed by atoms with van der Waals surface area (Å²) in [5.74, 6) is -2.46. The third-order valence-electron chi connectivity index (χ3n) is 2.69. The first-order chi connectivity index (χ1) is 5.72. The maximum Gasteiger partial charge on any atom is 0.252 e. The van der Waals surface area contributed by atoms with Crippen LogP contribution in [0.2, 0.25) is 0 Å². The van der Waals surface area contributed by atoms with Gasteiger partial charge in [-0.25, -0.2) is 8.78 Å². The maximum absolute atomic E-state index is 13.0. The maximum atomic E-state index is 13.0. The Morgan fingerprint density at radius 3 is 2.15 bits per heavy atom. The van der Waals surface area contributed by atoms with Crippen molar-refractivity contribution in [2.24, 2.45) is 5.41 Å². The van der Waals surface area contributed by atoms with Gasteiger partial charge in [-0.1, -0.05) is 31.9 Å². The lowest BCUT2D eigenvalue weighted by Gasteiger charge is -2.32. The first kappa shape index (κ1) is 10.7. The molecule has 0 spiro atoms. The fourth-order valence-electron chi connectivity index (χ4n) is 2.12. The van der Waals surface area contributed by atoms with Crippen molar-refractivity contribution in [2.75, 3.05) is 0 Å². The molecule has 0 saturated heterocycles. The molecule has 0 atom stereocenters. The molecule has 0 N–H and O–H groups in total. The van der Waals surface area contributed by atoms with Crippen LogP contribution in [0.5, 0.6) is 0 Å². The Bertz CT molecular complexity index is 231. The van der Waals surface area contributed by atoms with Gasteiger partial charge in [-0.15, -0.1) is 0 Å². The van der Waals surface area contributed by atoms with Crippen LogP contribution in [0.1, 0.15) is 47.0 Å². The predicted octanol–water partition coefficient (Wildman–Crippen LogP) is 4.17. The standard InChI is InChI=1S/C11H18F2/c1-8-7-11(12,13)6-5-9(8)10(2,3)4/h5-7H2,1-4H3. The molecule has 0 heterocycles. The van der Waals surface area contributed by atoms with E-state index >= 15 is 0 Å². The molecule has 0 unspecified atom stereocenters. The second-order valence-corrected chi connectivity index (χ2v) is 5.04. The molecule has 1 aliphatic rings. The van der Waals surface area contributed by atoms with Gasteiger partial charge in [0.2, 0.25) is 0 Å². The molecule has 0 aromatic heterocycles. The minimum absolute atomic E-state index is 0.0247. The summed E-state index contributed by atoms with van der Waals surface area (Å²) in [6.07, 6.45) is 0.541. The van der Waals surface area contributed by atoms with Crippen LogP contribution in [0.15, 0.2) is 11.1 Å². The summed E-state index contributed by atoms with van der Waals surface area (Å²) in [6.45, 7) is 8.12. The average Bonchev–Trinajstić information content (AvgIpc) is 1.80. The third kappa shape index (κ3) is 2.52. The van der Waals surface area contributed by atoms with Crippen molar-refractivity contribution in [1.82, 2.24) is 0 Å². The van der Waals surface area contributed by atoms with E-state index in [-0.39, 0.29) is 18.3 Å². The van der Waals surface area contributed by atoms with Gasteiger partial charge in [-0.3, -0.25) is 0 Å². The van der Waals surface area contributed by atoms with Gasteiger partial charge in [0.05, 0.1) is 0 Å². The van der Waals surface area contributed by atoms with Gasteiger partial charge >= 0.3 is 0 Å². The fraction of sp³-hybridized carbons (Fsp3) is 0.818. The van der Waals surface area contributed by atoms with Crippen LogP contribution in [0.4, 0.5) is 8.78 Å². The van der Waals surface area contributed by atoms with Gasteiger partial charge in [0.25, 0.3) is 5.92 Å². The van der Waals surface area contributed by atoms with Crippen LogP contribution < -0.4 is 0 Å². The zero-order valence-corrected chi connectivity index (χ0v) is 8.88. The summed E-state index contributed by atoms with van der Waals surface area (Å²) in [6, 6.07) is 0. The molecule has 0 aromatic carbocycles. The van der Waals surface area contributed by atoms with E-state index < -0.39 is 5.92 Å². The van der Waals surface area contributed by atoms with Gasteiger partial charge in [0, 0.05) is 12.8 Å². The van der Waals surface area contributed by atoms with Crippen LogP contribution >= 0.6 is 0 Å². The van der Waals surface area contributed by atoms with E-state index in [2.05, 4.69) is 20.8 Å². The third-order valence-corrected chi connectivity index (χ3v) is 2.69. The molecule has 2 heteroatoms. The Balaban J connectivity index is 2.90. The highest BCUT2D eigenvalue weighted by molar-refractivity contribution is 5.22. The molecule has 13 heavy (non-hydrogen) atoms. The van der Waals surface area contributed by atoms with E-state index in [1.165, 1.54) is 5.57 Å². The predicted molar refractivity (Wildman–Crippen MR) is 51.0 cm³/mol. The van der Waals surface area contributed by atoms with E-state index in [0.29, 0.717) is 6.42 Å². The Labute approximate surface area is 79.0 Å². The largest absolute Gasteiger partial charge is 0.252 e. The van der Waals surface area contributed by atoms with Crippen LogP contribution in [-0.2, 0) is 0 Å². The summed E-state index contributed by atoms with van der Waals surface area (Å²) < 4.78 is 26.0. The molecular formula is C11H18F2. The van der Waals surface area contributed by atoms with E-state index in [4.69, 9.17) is 0 Å². The van der Waals surface area contributed by atoms with Crippen molar-refractivity contribution in [2.45, 2.75) is 52.9 Å². The Morgan fingerprint density at radius 2 is 1.77 bits per heavy atom. The monoisotopic (exact) mass is 188 g/mol. The first-order valence-corrected chi connectivity index (χ1v) is 4.79. The number of halogens is 2. The van der Waals surface area contributed by atoms with Gasteiger partial charge in [-0.2, -0.15) is 0 Å². The van der Waals surface area contributed by atoms with Crippen LogP contribution in [0.3, 0.4) is 0 Å². The quantitative estimate of drug-likeness (QED) is 0.500. The van der Waals surface area contributed by atoms with Gasteiger partial charge < -0.3 is 0 Å². The van der Waals surface area contributed by atoms with Crippen molar-refractivity contribution in [3.8, 4) is 0 Å². The van der Waals surface area contributed by atoms with Crippen molar-refractivity contribution >= 4 is 0 Å². The van der Waals surface area contributed by atoms with E-state index in [1.807, 2.05) is 6.92 Å². The molecule has 1 aliphatic carbocycles. The highest BCUT2D eigenvalue weighted by Gasteiger charge is 2.36. The van der Waals surface area contributed by atoms with Crippen LogP contribution in [0, 0.1) is 5.41 Å². The normalized spacial score (nSPS) is 23.5. The molecule has 0 nitrogen and oxygen atoms in total. The Hall–Kier alpha value is -0.400. The van der Waals surface area contributed by atoms with E-state index in [1.54, 1.807) is 0 Å². The second-order valence-electron chi connectivity index (χ2n) is 5.04. The number of alkyl halides is 2. The van der Waals surface area contributed by atoms with Crippen molar-refractivity contribution in [1.29, 1.82) is 0 Å². The zero-order valence-electron chi connectivity index (χ0n) is 8.88. The molecule has 1 rings (SSSR count). The Morgan fingerprint density at radius 1 is 1.23 bits per heavy atom. The van der Waals surface area contributed by atoms with Crippen molar-refractivity contribution in [3.05, 3.63) is 11.1 Å². The SMILES string of the molecule is CC1=C(C(C)(C)C)CCC(F)(F)C1. The molecule has 0 amide bonds. The highest BCUT2D eigenvalue weighted by Crippen LogP contribution is 2.42. The lowest BCUT2D eigenvalue weighted by molar-refractivity contribution is -0.0139. The summed E-state index contributed by atoms with van der Waals surface area (Å²) in [7, 11) is 0. The van der Waals surface area contributed by atoms with Crippen molar-refractivity contribution < 1.29 is 8.78 Å². The highest BCUT2D eigenvalue weighted by atomic mass is 19.3. The van der Waals surface area contributed by atoms with Gasteiger partial charge in [-0.05, 0) is 18.8 Å². The molecular weight excluding hydrogens is 170 g/mol. The fourth-order valence-corrected chi connectivity index (χ4v) is 2.12. The van der Waals surface area contributed by atoms with Gasteiger partial charge in [0.15, 0.2) is 0 Å².